The lowest BCUT2D eigenvalue weighted by atomic mass is 9.96. The molecular weight excluding hydrogens is 423 g/mol. The Morgan fingerprint density at radius 3 is 2.59 bits per heavy atom. The second-order valence-corrected chi connectivity index (χ2v) is 7.82. The Balaban J connectivity index is 1.57. The maximum Gasteiger partial charge on any atom is 0.418 e. The number of alkyl halides is 3. The van der Waals surface area contributed by atoms with Crippen molar-refractivity contribution >= 4 is 35.2 Å². The van der Waals surface area contributed by atoms with Crippen molar-refractivity contribution in [1.82, 2.24) is 0 Å². The number of amides is 1. The minimum atomic E-state index is -4.57. The Morgan fingerprint density at radius 2 is 1.91 bits per heavy atom. The number of hydrogen-bond donors (Lipinski definition) is 1. The Labute approximate surface area is 183 Å². The monoisotopic (exact) mass is 445 g/mol. The van der Waals surface area contributed by atoms with Crippen LogP contribution < -0.4 is 10.2 Å². The average molecular weight is 445 g/mol. The van der Waals surface area contributed by atoms with Crippen molar-refractivity contribution in [2.24, 2.45) is 10.9 Å². The number of ether oxygens (including phenoxy) is 1. The topological polar surface area (TPSA) is 71.0 Å². The van der Waals surface area contributed by atoms with E-state index in [1.807, 2.05) is 0 Å². The molecule has 0 spiro atoms. The molecule has 0 bridgehead atoms. The lowest BCUT2D eigenvalue weighted by molar-refractivity contribution is -0.146. The summed E-state index contributed by atoms with van der Waals surface area (Å²) in [4.78, 5) is 29.7. The SMILES string of the molecule is COC(=O)C1CCN(c2ccc(N=CC3C(=O)Nc4ccccc43)cc2C(F)(F)F)CC1. The number of carbonyl (C=O) groups is 2. The van der Waals surface area contributed by atoms with Gasteiger partial charge in [-0.25, -0.2) is 0 Å². The first-order valence-electron chi connectivity index (χ1n) is 10.3. The van der Waals surface area contributed by atoms with Crippen molar-refractivity contribution < 1.29 is 27.5 Å². The number of halogens is 3. The third-order valence-electron chi connectivity index (χ3n) is 5.86. The van der Waals surface area contributed by atoms with Gasteiger partial charge >= 0.3 is 12.1 Å². The molecule has 0 aliphatic carbocycles. The highest BCUT2D eigenvalue weighted by Gasteiger charge is 2.37. The molecule has 1 unspecified atom stereocenters. The third kappa shape index (κ3) is 4.32. The Morgan fingerprint density at radius 1 is 1.19 bits per heavy atom. The number of para-hydroxylation sites is 1. The van der Waals surface area contributed by atoms with Crippen molar-refractivity contribution in [3.8, 4) is 0 Å². The van der Waals surface area contributed by atoms with Crippen LogP contribution >= 0.6 is 0 Å². The van der Waals surface area contributed by atoms with E-state index in [0.717, 1.165) is 11.6 Å². The summed E-state index contributed by atoms with van der Waals surface area (Å²) < 4.78 is 46.2. The molecule has 2 aromatic carbocycles. The Bertz CT molecular complexity index is 1060. The molecule has 1 atom stereocenters. The molecule has 2 heterocycles. The molecule has 0 saturated carbocycles. The predicted octanol–water partition coefficient (Wildman–Crippen LogP) is 4.53. The van der Waals surface area contributed by atoms with Gasteiger partial charge in [-0.3, -0.25) is 14.6 Å². The van der Waals surface area contributed by atoms with Gasteiger partial charge in [-0.15, -0.1) is 0 Å². The lowest BCUT2D eigenvalue weighted by Gasteiger charge is -2.34. The van der Waals surface area contributed by atoms with E-state index in [9.17, 15) is 22.8 Å². The smallest absolute Gasteiger partial charge is 0.418 e. The quantitative estimate of drug-likeness (QED) is 0.554. The van der Waals surface area contributed by atoms with E-state index in [1.54, 1.807) is 29.2 Å². The number of rotatable bonds is 4. The van der Waals surface area contributed by atoms with Crippen LogP contribution in [-0.4, -0.2) is 38.3 Å². The average Bonchev–Trinajstić information content (AvgIpc) is 3.11. The first-order chi connectivity index (χ1) is 15.3. The Hall–Kier alpha value is -3.36. The number of nitrogens with zero attached hydrogens (tertiary/aromatic N) is 2. The van der Waals surface area contributed by atoms with Crippen molar-refractivity contribution in [2.45, 2.75) is 24.9 Å². The van der Waals surface area contributed by atoms with E-state index >= 15 is 0 Å². The zero-order valence-corrected chi connectivity index (χ0v) is 17.4. The number of benzene rings is 2. The molecule has 2 aliphatic rings. The molecule has 1 saturated heterocycles. The van der Waals surface area contributed by atoms with E-state index in [-0.39, 0.29) is 29.2 Å². The number of piperidine rings is 1. The van der Waals surface area contributed by atoms with Crippen LogP contribution in [0.3, 0.4) is 0 Å². The summed E-state index contributed by atoms with van der Waals surface area (Å²) in [6.07, 6.45) is -2.34. The molecule has 4 rings (SSSR count). The molecule has 1 N–H and O–H groups in total. The van der Waals surface area contributed by atoms with Crippen LogP contribution in [0.4, 0.5) is 30.2 Å². The van der Waals surface area contributed by atoms with Gasteiger partial charge in [-0.1, -0.05) is 18.2 Å². The van der Waals surface area contributed by atoms with Gasteiger partial charge in [-0.05, 0) is 42.7 Å². The number of methoxy groups -OCH3 is 1. The second-order valence-electron chi connectivity index (χ2n) is 7.82. The summed E-state index contributed by atoms with van der Waals surface area (Å²) >= 11 is 0. The number of nitrogens with one attached hydrogen (secondary N) is 1. The van der Waals surface area contributed by atoms with Crippen LogP contribution in [0.15, 0.2) is 47.5 Å². The first-order valence-corrected chi connectivity index (χ1v) is 10.3. The van der Waals surface area contributed by atoms with Crippen molar-refractivity contribution in [2.75, 3.05) is 30.4 Å². The van der Waals surface area contributed by atoms with Gasteiger partial charge < -0.3 is 15.0 Å². The maximum absolute atomic E-state index is 13.8. The largest absolute Gasteiger partial charge is 0.469 e. The molecular formula is C23H22F3N3O3. The summed E-state index contributed by atoms with van der Waals surface area (Å²) in [5.41, 5.74) is 0.796. The molecule has 1 amide bonds. The third-order valence-corrected chi connectivity index (χ3v) is 5.86. The molecule has 0 radical (unpaired) electrons. The van der Waals surface area contributed by atoms with Gasteiger partial charge in [0.1, 0.15) is 5.92 Å². The fraction of sp³-hybridized carbons (Fsp3) is 0.348. The number of anilines is 2. The van der Waals surface area contributed by atoms with Gasteiger partial charge in [0.25, 0.3) is 0 Å². The van der Waals surface area contributed by atoms with Crippen LogP contribution in [-0.2, 0) is 20.5 Å². The van der Waals surface area contributed by atoms with Crippen LogP contribution in [0, 0.1) is 5.92 Å². The van der Waals surface area contributed by atoms with Gasteiger partial charge in [0.05, 0.1) is 24.3 Å². The highest BCUT2D eigenvalue weighted by Crippen LogP contribution is 2.40. The van der Waals surface area contributed by atoms with E-state index < -0.39 is 17.7 Å². The van der Waals surface area contributed by atoms with Gasteiger partial charge in [0.2, 0.25) is 5.91 Å². The molecule has 1 fully saturated rings. The van der Waals surface area contributed by atoms with E-state index in [2.05, 4.69) is 10.3 Å². The molecule has 9 heteroatoms. The zero-order chi connectivity index (χ0) is 22.9. The van der Waals surface area contributed by atoms with Crippen LogP contribution in [0.1, 0.15) is 29.9 Å². The van der Waals surface area contributed by atoms with E-state index in [4.69, 9.17) is 4.74 Å². The van der Waals surface area contributed by atoms with Crippen molar-refractivity contribution in [3.63, 3.8) is 0 Å². The number of aliphatic imine (C=N–C) groups is 1. The molecule has 6 nitrogen and oxygen atoms in total. The molecule has 2 aliphatic heterocycles. The molecule has 2 aromatic rings. The maximum atomic E-state index is 13.8. The fourth-order valence-corrected chi connectivity index (χ4v) is 4.17. The van der Waals surface area contributed by atoms with Gasteiger partial charge in [-0.2, -0.15) is 13.2 Å². The fourth-order valence-electron chi connectivity index (χ4n) is 4.17. The predicted molar refractivity (Wildman–Crippen MR) is 114 cm³/mol. The van der Waals surface area contributed by atoms with Crippen LogP contribution in [0.25, 0.3) is 0 Å². The summed E-state index contributed by atoms with van der Waals surface area (Å²) in [5.74, 6) is -1.55. The van der Waals surface area contributed by atoms with Crippen LogP contribution in [0.2, 0.25) is 0 Å². The molecule has 0 aromatic heterocycles. The number of carbonyl (C=O) groups excluding carboxylic acids is 2. The number of hydrogen-bond acceptors (Lipinski definition) is 5. The summed E-state index contributed by atoms with van der Waals surface area (Å²) in [6, 6.07) is 11.0. The lowest BCUT2D eigenvalue weighted by Crippen LogP contribution is -2.37. The van der Waals surface area contributed by atoms with Crippen molar-refractivity contribution in [1.29, 1.82) is 0 Å². The molecule has 32 heavy (non-hydrogen) atoms. The van der Waals surface area contributed by atoms with Crippen LogP contribution in [0.5, 0.6) is 0 Å². The van der Waals surface area contributed by atoms with Crippen molar-refractivity contribution in [3.05, 3.63) is 53.6 Å². The van der Waals surface area contributed by atoms with E-state index in [1.165, 1.54) is 25.5 Å². The Kier molecular flexibility index (Phi) is 5.90. The highest BCUT2D eigenvalue weighted by atomic mass is 19.4. The number of fused-ring (bicyclic) bond motifs is 1. The van der Waals surface area contributed by atoms with Gasteiger partial charge in [0, 0.05) is 30.7 Å². The second kappa shape index (κ2) is 8.64. The highest BCUT2D eigenvalue weighted by molar-refractivity contribution is 6.12. The molecule has 168 valence electrons. The minimum Gasteiger partial charge on any atom is -0.469 e. The standard InChI is InChI=1S/C23H22F3N3O3/c1-32-22(31)14-8-10-29(11-9-14)20-7-6-15(12-18(20)23(24,25)26)27-13-17-16-4-2-3-5-19(16)28-21(17)30/h2-7,12-14,17H,8-11H2,1H3,(H,28,30). The zero-order valence-electron chi connectivity index (χ0n) is 17.4. The summed E-state index contributed by atoms with van der Waals surface area (Å²) in [6.45, 7) is 0.648. The van der Waals surface area contributed by atoms with Gasteiger partial charge in [0.15, 0.2) is 0 Å². The number of esters is 1. The first kappa shape index (κ1) is 21.9. The summed E-state index contributed by atoms with van der Waals surface area (Å²) in [7, 11) is 1.31. The minimum absolute atomic E-state index is 0.0590. The van der Waals surface area contributed by atoms with E-state index in [0.29, 0.717) is 31.6 Å². The summed E-state index contributed by atoms with van der Waals surface area (Å²) in [5, 5.41) is 2.74. The normalized spacial score (nSPS) is 19.2.